The smallest absolute Gasteiger partial charge is 0.375 e. The number of nitrogens with zero attached hydrogens (tertiary/aromatic N) is 1. The largest absolute Gasteiger partial charge is 0.416 e. The van der Waals surface area contributed by atoms with E-state index in [0.29, 0.717) is 25.9 Å². The van der Waals surface area contributed by atoms with Gasteiger partial charge >= 0.3 is 13.7 Å². The minimum Gasteiger partial charge on any atom is -0.375 e. The molecule has 0 aliphatic heterocycles. The number of carbonyl (C=O) groups is 1. The van der Waals surface area contributed by atoms with Crippen molar-refractivity contribution in [2.45, 2.75) is 163 Å². The summed E-state index contributed by atoms with van der Waals surface area (Å²) in [5, 5.41) is 0. The fourth-order valence-corrected chi connectivity index (χ4v) is 6.03. The average molecular weight is 532 g/mol. The topological polar surface area (TPSA) is 55.8 Å². The lowest BCUT2D eigenvalue weighted by Gasteiger charge is -2.25. The molecule has 5 nitrogen and oxygen atoms in total. The third-order valence-electron chi connectivity index (χ3n) is 6.86. The molecule has 0 fully saturated rings. The first kappa shape index (κ1) is 35.5. The first-order valence-electron chi connectivity index (χ1n) is 15.7. The summed E-state index contributed by atoms with van der Waals surface area (Å²) >= 11 is 0. The van der Waals surface area contributed by atoms with Crippen LogP contribution >= 0.6 is 7.60 Å². The molecule has 0 N–H and O–H groups in total. The van der Waals surface area contributed by atoms with Crippen LogP contribution in [0.5, 0.6) is 0 Å². The SMILES string of the molecule is CCCCCCCCCP(=O)(OCCCC)OC(=O)N(CCCCCCCC)CCCCCCCC. The van der Waals surface area contributed by atoms with Crippen LogP contribution in [0, 0.1) is 0 Å². The summed E-state index contributed by atoms with van der Waals surface area (Å²) in [7, 11) is -3.42. The highest BCUT2D eigenvalue weighted by molar-refractivity contribution is 7.54. The van der Waals surface area contributed by atoms with Crippen LogP contribution in [0.15, 0.2) is 0 Å². The van der Waals surface area contributed by atoms with Crippen molar-refractivity contribution in [1.82, 2.24) is 4.90 Å². The van der Waals surface area contributed by atoms with Gasteiger partial charge in [0.1, 0.15) is 0 Å². The van der Waals surface area contributed by atoms with E-state index in [1.54, 1.807) is 4.90 Å². The average Bonchev–Trinajstić information content (AvgIpc) is 2.86. The van der Waals surface area contributed by atoms with Gasteiger partial charge in [-0.2, -0.15) is 0 Å². The van der Waals surface area contributed by atoms with Gasteiger partial charge in [0.15, 0.2) is 0 Å². The Morgan fingerprint density at radius 1 is 0.556 bits per heavy atom. The van der Waals surface area contributed by atoms with Crippen molar-refractivity contribution in [3.8, 4) is 0 Å². The minimum atomic E-state index is -3.42. The van der Waals surface area contributed by atoms with Crippen LogP contribution in [0.3, 0.4) is 0 Å². The molecule has 0 heterocycles. The molecule has 0 aliphatic rings. The summed E-state index contributed by atoms with van der Waals surface area (Å²) in [6.07, 6.45) is 23.9. The van der Waals surface area contributed by atoms with Gasteiger partial charge in [-0.05, 0) is 25.7 Å². The molecule has 6 heteroatoms. The number of hydrogen-bond donors (Lipinski definition) is 0. The Balaban J connectivity index is 4.84. The maximum Gasteiger partial charge on any atom is 0.416 e. The first-order valence-corrected chi connectivity index (χ1v) is 17.5. The summed E-state index contributed by atoms with van der Waals surface area (Å²) in [5.74, 6) is 0. The van der Waals surface area contributed by atoms with Crippen LogP contribution in [0.4, 0.5) is 4.79 Å². The van der Waals surface area contributed by atoms with Crippen molar-refractivity contribution in [2.75, 3.05) is 25.9 Å². The molecule has 0 saturated heterocycles. The van der Waals surface area contributed by atoms with Crippen molar-refractivity contribution >= 4 is 13.7 Å². The zero-order chi connectivity index (χ0) is 26.7. The van der Waals surface area contributed by atoms with Gasteiger partial charge in [0, 0.05) is 13.1 Å². The summed E-state index contributed by atoms with van der Waals surface area (Å²) in [6.45, 7) is 10.5. The Kier molecular flexibility index (Phi) is 25.7. The van der Waals surface area contributed by atoms with Crippen LogP contribution < -0.4 is 0 Å². The number of carbonyl (C=O) groups excluding carboxylic acids is 1. The van der Waals surface area contributed by atoms with E-state index in [0.717, 1.165) is 57.8 Å². The third kappa shape index (κ3) is 21.5. The van der Waals surface area contributed by atoms with E-state index in [9.17, 15) is 9.36 Å². The number of hydrogen-bond acceptors (Lipinski definition) is 4. The maximum atomic E-state index is 13.5. The fourth-order valence-electron chi connectivity index (χ4n) is 4.38. The van der Waals surface area contributed by atoms with E-state index in [-0.39, 0.29) is 0 Å². The molecule has 0 spiro atoms. The summed E-state index contributed by atoms with van der Waals surface area (Å²) in [6, 6.07) is 0. The van der Waals surface area contributed by atoms with E-state index in [4.69, 9.17) is 9.05 Å². The van der Waals surface area contributed by atoms with Crippen LogP contribution in [0.2, 0.25) is 0 Å². The quantitative estimate of drug-likeness (QED) is 0.0781. The summed E-state index contributed by atoms with van der Waals surface area (Å²) < 4.78 is 25.0. The Hall–Kier alpha value is -0.540. The molecule has 216 valence electrons. The molecular weight excluding hydrogens is 469 g/mol. The highest BCUT2D eigenvalue weighted by Crippen LogP contribution is 2.50. The lowest BCUT2D eigenvalue weighted by atomic mass is 10.1. The lowest BCUT2D eigenvalue weighted by molar-refractivity contribution is 0.136. The van der Waals surface area contributed by atoms with E-state index >= 15 is 0 Å². The predicted octanol–water partition coefficient (Wildman–Crippen LogP) is 10.9. The second-order valence-corrected chi connectivity index (χ2v) is 12.6. The molecule has 0 bridgehead atoms. The number of amides is 1. The Labute approximate surface area is 225 Å². The second-order valence-electron chi connectivity index (χ2n) is 10.5. The number of unbranched alkanes of at least 4 members (excludes halogenated alkanes) is 17. The van der Waals surface area contributed by atoms with Gasteiger partial charge in [0.05, 0.1) is 12.8 Å². The lowest BCUT2D eigenvalue weighted by Crippen LogP contribution is -2.33. The molecule has 0 aromatic heterocycles. The van der Waals surface area contributed by atoms with Gasteiger partial charge in [0.25, 0.3) is 0 Å². The third-order valence-corrected chi connectivity index (χ3v) is 8.73. The molecule has 36 heavy (non-hydrogen) atoms. The monoisotopic (exact) mass is 531 g/mol. The Morgan fingerprint density at radius 2 is 0.944 bits per heavy atom. The predicted molar refractivity (Wildman–Crippen MR) is 156 cm³/mol. The minimum absolute atomic E-state index is 0.345. The Morgan fingerprint density at radius 3 is 1.39 bits per heavy atom. The van der Waals surface area contributed by atoms with Crippen molar-refractivity contribution < 1.29 is 18.4 Å². The first-order chi connectivity index (χ1) is 17.5. The van der Waals surface area contributed by atoms with Gasteiger partial charge in [-0.1, -0.05) is 137 Å². The zero-order valence-electron chi connectivity index (χ0n) is 24.7. The van der Waals surface area contributed by atoms with Gasteiger partial charge < -0.3 is 9.42 Å². The maximum absolute atomic E-state index is 13.5. The molecule has 0 aliphatic carbocycles. The molecule has 0 rings (SSSR count). The van der Waals surface area contributed by atoms with Gasteiger partial charge in [-0.15, -0.1) is 0 Å². The summed E-state index contributed by atoms with van der Waals surface area (Å²) in [5.41, 5.74) is 0. The molecule has 0 aromatic carbocycles. The molecule has 1 atom stereocenters. The molecule has 1 unspecified atom stereocenters. The van der Waals surface area contributed by atoms with Crippen LogP contribution in [0.1, 0.15) is 163 Å². The molecule has 0 radical (unpaired) electrons. The van der Waals surface area contributed by atoms with Crippen molar-refractivity contribution in [1.29, 1.82) is 0 Å². The highest BCUT2D eigenvalue weighted by atomic mass is 31.2. The van der Waals surface area contributed by atoms with Crippen molar-refractivity contribution in [3.05, 3.63) is 0 Å². The van der Waals surface area contributed by atoms with Crippen molar-refractivity contribution in [2.24, 2.45) is 0 Å². The van der Waals surface area contributed by atoms with Gasteiger partial charge in [-0.3, -0.25) is 4.52 Å². The molecule has 1 amide bonds. The molecular formula is C30H62NO4P. The van der Waals surface area contributed by atoms with E-state index in [2.05, 4.69) is 27.7 Å². The Bertz CT molecular complexity index is 513. The number of rotatable bonds is 27. The van der Waals surface area contributed by atoms with E-state index in [1.165, 1.54) is 77.0 Å². The van der Waals surface area contributed by atoms with Crippen LogP contribution in [-0.4, -0.2) is 36.9 Å². The fraction of sp³-hybridized carbons (Fsp3) is 0.967. The highest BCUT2D eigenvalue weighted by Gasteiger charge is 2.30. The molecule has 0 aromatic rings. The zero-order valence-corrected chi connectivity index (χ0v) is 25.6. The summed E-state index contributed by atoms with van der Waals surface area (Å²) in [4.78, 5) is 15.0. The standard InChI is InChI=1S/C30H62NO4P/c1-5-9-13-16-19-22-25-29-36(33,34-28-12-8-4)35-30(32)31(26-23-20-17-14-10-6-2)27-24-21-18-15-11-7-3/h5-29H2,1-4H3. The van der Waals surface area contributed by atoms with E-state index < -0.39 is 13.7 Å². The van der Waals surface area contributed by atoms with Crippen LogP contribution in [0.25, 0.3) is 0 Å². The second kappa shape index (κ2) is 26.1. The molecule has 0 saturated carbocycles. The van der Waals surface area contributed by atoms with Gasteiger partial charge in [-0.25, -0.2) is 9.36 Å². The van der Waals surface area contributed by atoms with Crippen LogP contribution in [-0.2, 0) is 13.6 Å². The van der Waals surface area contributed by atoms with Crippen molar-refractivity contribution in [3.63, 3.8) is 0 Å². The van der Waals surface area contributed by atoms with Gasteiger partial charge in [0.2, 0.25) is 0 Å². The van der Waals surface area contributed by atoms with E-state index in [1.807, 2.05) is 0 Å². The normalized spacial score (nSPS) is 13.0.